The van der Waals surface area contributed by atoms with Gasteiger partial charge in [0.15, 0.2) is 0 Å². The van der Waals surface area contributed by atoms with Crippen LogP contribution in [0.1, 0.15) is 33.3 Å². The summed E-state index contributed by atoms with van der Waals surface area (Å²) in [7, 11) is 0. The van der Waals surface area contributed by atoms with Crippen LogP contribution in [0, 0.1) is 0 Å². The number of nitrogens with zero attached hydrogens (tertiary/aromatic N) is 1. The molecule has 0 bridgehead atoms. The molecular weight excluding hydrogens is 470 g/mol. The van der Waals surface area contributed by atoms with Crippen molar-refractivity contribution in [1.29, 1.82) is 0 Å². The van der Waals surface area contributed by atoms with Gasteiger partial charge in [-0.25, -0.2) is 0 Å². The second kappa shape index (κ2) is 8.58. The van der Waals surface area contributed by atoms with Gasteiger partial charge in [0.05, 0.1) is 0 Å². The van der Waals surface area contributed by atoms with E-state index in [-0.39, 0.29) is 11.0 Å². The van der Waals surface area contributed by atoms with E-state index in [0.29, 0.717) is 0 Å². The Labute approximate surface area is 231 Å². The van der Waals surface area contributed by atoms with Crippen LogP contribution in [0.3, 0.4) is 0 Å². The van der Waals surface area contributed by atoms with Gasteiger partial charge >= 0.3 is 0 Å². The van der Waals surface area contributed by atoms with E-state index < -0.39 is 0 Å². The molecule has 190 valence electrons. The van der Waals surface area contributed by atoms with Gasteiger partial charge in [-0.3, -0.25) is 0 Å². The number of fused-ring (bicyclic) bond motifs is 3. The quantitative estimate of drug-likeness (QED) is 0.217. The highest BCUT2D eigenvalue weighted by atomic mass is 15.2. The van der Waals surface area contributed by atoms with Gasteiger partial charge in [-0.15, -0.1) is 0 Å². The lowest BCUT2D eigenvalue weighted by atomic mass is 9.72. The first-order chi connectivity index (χ1) is 18.9. The van der Waals surface area contributed by atoms with Crippen molar-refractivity contribution in [2.75, 3.05) is 4.90 Å². The van der Waals surface area contributed by atoms with Crippen LogP contribution in [0.5, 0.6) is 0 Å². The standard InChI is InChI=1S/C38H33N/c1-37(2)33-21-13-14-22-34(33)39(38(37,3)4)28-23-24-31-32(25-28)36(27-17-9-6-10-18-27)30-20-12-11-19-29(30)35(31)26-15-7-5-8-16-26/h5-25H,1-4H3. The summed E-state index contributed by atoms with van der Waals surface area (Å²) in [4.78, 5) is 2.56. The van der Waals surface area contributed by atoms with Crippen LogP contribution in [0.2, 0.25) is 0 Å². The third kappa shape index (κ3) is 3.39. The van der Waals surface area contributed by atoms with Gasteiger partial charge in [0.25, 0.3) is 0 Å². The second-order valence-corrected chi connectivity index (χ2v) is 11.8. The van der Waals surface area contributed by atoms with Crippen LogP contribution < -0.4 is 4.90 Å². The molecule has 0 aliphatic carbocycles. The van der Waals surface area contributed by atoms with Gasteiger partial charge in [-0.05, 0) is 81.4 Å². The Hall–Kier alpha value is -4.36. The van der Waals surface area contributed by atoms with Crippen LogP contribution in [0.15, 0.2) is 127 Å². The Morgan fingerprint density at radius 3 is 1.56 bits per heavy atom. The minimum absolute atomic E-state index is 0.000601. The topological polar surface area (TPSA) is 3.24 Å². The number of hydrogen-bond acceptors (Lipinski definition) is 1. The molecule has 0 atom stereocenters. The summed E-state index contributed by atoms with van der Waals surface area (Å²) in [6.45, 7) is 9.52. The molecule has 39 heavy (non-hydrogen) atoms. The predicted molar refractivity (Wildman–Crippen MR) is 168 cm³/mol. The van der Waals surface area contributed by atoms with Crippen molar-refractivity contribution in [2.24, 2.45) is 0 Å². The summed E-state index contributed by atoms with van der Waals surface area (Å²) in [5.74, 6) is 0. The minimum atomic E-state index is -0.101. The molecule has 0 aromatic heterocycles. The van der Waals surface area contributed by atoms with Crippen LogP contribution in [-0.2, 0) is 5.41 Å². The lowest BCUT2D eigenvalue weighted by Crippen LogP contribution is -2.48. The number of anilines is 2. The Morgan fingerprint density at radius 1 is 0.462 bits per heavy atom. The maximum absolute atomic E-state index is 2.56. The number of benzene rings is 6. The van der Waals surface area contributed by atoms with E-state index in [2.05, 4.69) is 160 Å². The fourth-order valence-corrected chi connectivity index (χ4v) is 6.71. The van der Waals surface area contributed by atoms with Crippen LogP contribution in [0.4, 0.5) is 11.4 Å². The summed E-state index contributed by atoms with van der Waals surface area (Å²) >= 11 is 0. The Kier molecular flexibility index (Phi) is 5.22. The smallest absolute Gasteiger partial charge is 0.0487 e. The van der Waals surface area contributed by atoms with Gasteiger partial charge in [0, 0.05) is 22.3 Å². The molecule has 0 radical (unpaired) electrons. The van der Waals surface area contributed by atoms with Crippen LogP contribution >= 0.6 is 0 Å². The fraction of sp³-hybridized carbons (Fsp3) is 0.158. The molecule has 0 spiro atoms. The number of hydrogen-bond donors (Lipinski definition) is 0. The molecule has 0 fully saturated rings. The van der Waals surface area contributed by atoms with Gasteiger partial charge in [-0.2, -0.15) is 0 Å². The van der Waals surface area contributed by atoms with E-state index in [0.717, 1.165) is 0 Å². The molecule has 7 rings (SSSR count). The lowest BCUT2D eigenvalue weighted by Gasteiger charge is -2.42. The van der Waals surface area contributed by atoms with E-state index in [4.69, 9.17) is 0 Å². The first-order valence-corrected chi connectivity index (χ1v) is 13.9. The molecule has 0 saturated carbocycles. The summed E-state index contributed by atoms with van der Waals surface area (Å²) in [6, 6.07) is 46.7. The molecule has 0 unspecified atom stereocenters. The Balaban J connectivity index is 1.60. The van der Waals surface area contributed by atoms with Crippen molar-refractivity contribution in [3.8, 4) is 22.3 Å². The molecule has 0 amide bonds. The largest absolute Gasteiger partial charge is 0.335 e. The molecule has 1 nitrogen and oxygen atoms in total. The highest BCUT2D eigenvalue weighted by Crippen LogP contribution is 2.55. The first-order valence-electron chi connectivity index (χ1n) is 13.9. The SMILES string of the molecule is CC1(C)c2ccccc2N(c2ccc3c(-c4ccccc4)c4ccccc4c(-c4ccccc4)c3c2)C1(C)C. The van der Waals surface area contributed by atoms with Gasteiger partial charge in [0.2, 0.25) is 0 Å². The van der Waals surface area contributed by atoms with Gasteiger partial charge in [0.1, 0.15) is 0 Å². The van der Waals surface area contributed by atoms with E-state index in [1.165, 1.54) is 60.7 Å². The molecule has 6 aromatic rings. The first kappa shape index (κ1) is 23.7. The zero-order valence-corrected chi connectivity index (χ0v) is 23.1. The second-order valence-electron chi connectivity index (χ2n) is 11.8. The van der Waals surface area contributed by atoms with Crippen molar-refractivity contribution in [2.45, 2.75) is 38.6 Å². The molecular formula is C38H33N. The Morgan fingerprint density at radius 2 is 0.949 bits per heavy atom. The van der Waals surface area contributed by atoms with E-state index in [1.54, 1.807) is 0 Å². The minimum Gasteiger partial charge on any atom is -0.335 e. The third-order valence-electron chi connectivity index (χ3n) is 9.30. The zero-order valence-electron chi connectivity index (χ0n) is 23.1. The van der Waals surface area contributed by atoms with E-state index in [1.807, 2.05) is 0 Å². The number of rotatable bonds is 3. The van der Waals surface area contributed by atoms with Crippen LogP contribution in [0.25, 0.3) is 43.8 Å². The maximum Gasteiger partial charge on any atom is 0.0487 e. The van der Waals surface area contributed by atoms with Gasteiger partial charge < -0.3 is 4.90 Å². The predicted octanol–water partition coefficient (Wildman–Crippen LogP) is 10.5. The summed E-state index contributed by atoms with van der Waals surface area (Å²) in [5, 5.41) is 5.14. The molecule has 0 N–H and O–H groups in total. The van der Waals surface area contributed by atoms with Crippen molar-refractivity contribution < 1.29 is 0 Å². The monoisotopic (exact) mass is 503 g/mol. The van der Waals surface area contributed by atoms with Crippen molar-refractivity contribution in [1.82, 2.24) is 0 Å². The van der Waals surface area contributed by atoms with E-state index in [9.17, 15) is 0 Å². The van der Waals surface area contributed by atoms with E-state index >= 15 is 0 Å². The third-order valence-corrected chi connectivity index (χ3v) is 9.30. The highest BCUT2D eigenvalue weighted by molar-refractivity contribution is 6.22. The average Bonchev–Trinajstić information content (AvgIpc) is 3.12. The summed E-state index contributed by atoms with van der Waals surface area (Å²) in [6.07, 6.45) is 0. The van der Waals surface area contributed by atoms with Gasteiger partial charge in [-0.1, -0.05) is 123 Å². The van der Waals surface area contributed by atoms with Crippen molar-refractivity contribution >= 4 is 32.9 Å². The molecule has 1 heterocycles. The van der Waals surface area contributed by atoms with Crippen LogP contribution in [-0.4, -0.2) is 5.54 Å². The fourth-order valence-electron chi connectivity index (χ4n) is 6.71. The average molecular weight is 504 g/mol. The molecule has 0 saturated heterocycles. The zero-order chi connectivity index (χ0) is 26.8. The van der Waals surface area contributed by atoms with Crippen molar-refractivity contribution in [3.63, 3.8) is 0 Å². The van der Waals surface area contributed by atoms with Crippen molar-refractivity contribution in [3.05, 3.63) is 133 Å². The molecule has 6 aromatic carbocycles. The molecule has 1 heteroatoms. The normalized spacial score (nSPS) is 15.5. The highest BCUT2D eigenvalue weighted by Gasteiger charge is 2.51. The lowest BCUT2D eigenvalue weighted by molar-refractivity contribution is 0.330. The summed E-state index contributed by atoms with van der Waals surface area (Å²) < 4.78 is 0. The summed E-state index contributed by atoms with van der Waals surface area (Å²) in [5.41, 5.74) is 8.93. The maximum atomic E-state index is 2.56. The molecule has 1 aliphatic rings. The number of para-hydroxylation sites is 1. The Bertz CT molecular complexity index is 1850. The molecule has 1 aliphatic heterocycles.